The molecule has 0 bridgehead atoms. The summed E-state index contributed by atoms with van der Waals surface area (Å²) in [5.74, 6) is 0.376. The Morgan fingerprint density at radius 3 is 2.60 bits per heavy atom. The molecule has 0 aromatic carbocycles. The van der Waals surface area contributed by atoms with Crippen LogP contribution in [0.4, 0.5) is 5.82 Å². The zero-order chi connectivity index (χ0) is 11.5. The number of halogens is 2. The van der Waals surface area contributed by atoms with E-state index in [4.69, 9.17) is 23.2 Å². The van der Waals surface area contributed by atoms with Crippen LogP contribution in [0.1, 0.15) is 20.3 Å². The van der Waals surface area contributed by atoms with Crippen LogP contribution in [0.15, 0.2) is 0 Å². The van der Waals surface area contributed by atoms with E-state index in [0.29, 0.717) is 18.8 Å². The fourth-order valence-electron chi connectivity index (χ4n) is 0.893. The summed E-state index contributed by atoms with van der Waals surface area (Å²) in [6.07, 6.45) is 0.560. The topological polar surface area (TPSA) is 70.9 Å². The smallest absolute Gasteiger partial charge is 0.245 e. The molecule has 1 heterocycles. The maximum Gasteiger partial charge on any atom is 0.245 e. The Hall–Kier alpha value is -0.650. The molecule has 0 fully saturated rings. The molecule has 7 heteroatoms. The van der Waals surface area contributed by atoms with Gasteiger partial charge in [0.05, 0.1) is 5.60 Å². The highest BCUT2D eigenvalue weighted by atomic mass is 35.5. The Balaban J connectivity index is 2.54. The molecule has 0 unspecified atom stereocenters. The van der Waals surface area contributed by atoms with Crippen LogP contribution in [0.25, 0.3) is 0 Å². The Labute approximate surface area is 97.8 Å². The average molecular weight is 251 g/mol. The van der Waals surface area contributed by atoms with Crippen LogP contribution in [0, 0.1) is 0 Å². The highest BCUT2D eigenvalue weighted by Crippen LogP contribution is 2.17. The van der Waals surface area contributed by atoms with Crippen LogP contribution in [0.3, 0.4) is 0 Å². The number of hydrogen-bond acceptors (Lipinski definition) is 5. The second-order valence-corrected chi connectivity index (χ2v) is 4.41. The lowest BCUT2D eigenvalue weighted by atomic mass is 10.1. The minimum absolute atomic E-state index is 0.0326. The van der Waals surface area contributed by atoms with E-state index in [1.807, 2.05) is 0 Å². The van der Waals surface area contributed by atoms with E-state index < -0.39 is 5.60 Å². The van der Waals surface area contributed by atoms with Gasteiger partial charge in [-0.1, -0.05) is 11.6 Å². The SMILES string of the molecule is CC(C)(O)CCNc1nc(Cl)nnc1Cl. The largest absolute Gasteiger partial charge is 0.390 e. The predicted octanol–water partition coefficient (Wildman–Crippen LogP) is 1.75. The van der Waals surface area contributed by atoms with Crippen molar-refractivity contribution in [3.8, 4) is 0 Å². The highest BCUT2D eigenvalue weighted by molar-refractivity contribution is 6.32. The van der Waals surface area contributed by atoms with Gasteiger partial charge in [-0.3, -0.25) is 0 Å². The predicted molar refractivity (Wildman–Crippen MR) is 59.3 cm³/mol. The molecule has 0 atom stereocenters. The van der Waals surface area contributed by atoms with Crippen molar-refractivity contribution in [2.45, 2.75) is 25.9 Å². The zero-order valence-corrected chi connectivity index (χ0v) is 9.97. The number of hydrogen-bond donors (Lipinski definition) is 2. The molecule has 0 amide bonds. The van der Waals surface area contributed by atoms with Crippen molar-refractivity contribution < 1.29 is 5.11 Å². The second-order valence-electron chi connectivity index (χ2n) is 3.71. The normalized spacial score (nSPS) is 11.5. The van der Waals surface area contributed by atoms with E-state index in [2.05, 4.69) is 20.5 Å². The number of anilines is 1. The molecule has 0 saturated heterocycles. The average Bonchev–Trinajstić information content (AvgIpc) is 2.09. The van der Waals surface area contributed by atoms with E-state index in [1.54, 1.807) is 13.8 Å². The van der Waals surface area contributed by atoms with E-state index in [-0.39, 0.29) is 10.4 Å². The quantitative estimate of drug-likeness (QED) is 0.853. The van der Waals surface area contributed by atoms with Gasteiger partial charge in [-0.2, -0.15) is 4.98 Å². The van der Waals surface area contributed by atoms with Gasteiger partial charge in [0.15, 0.2) is 11.0 Å². The molecule has 1 rings (SSSR count). The van der Waals surface area contributed by atoms with Crippen LogP contribution in [0.5, 0.6) is 0 Å². The van der Waals surface area contributed by atoms with Gasteiger partial charge in [-0.25, -0.2) is 0 Å². The molecular weight excluding hydrogens is 239 g/mol. The van der Waals surface area contributed by atoms with Crippen molar-refractivity contribution in [1.29, 1.82) is 0 Å². The molecule has 1 aromatic heterocycles. The first kappa shape index (κ1) is 12.4. The lowest BCUT2D eigenvalue weighted by Gasteiger charge is -2.17. The highest BCUT2D eigenvalue weighted by Gasteiger charge is 2.12. The van der Waals surface area contributed by atoms with Gasteiger partial charge in [0.2, 0.25) is 5.28 Å². The molecule has 0 radical (unpaired) electrons. The van der Waals surface area contributed by atoms with Crippen molar-refractivity contribution in [1.82, 2.24) is 15.2 Å². The summed E-state index contributed by atoms with van der Waals surface area (Å²) >= 11 is 11.3. The van der Waals surface area contributed by atoms with Gasteiger partial charge >= 0.3 is 0 Å². The number of rotatable bonds is 4. The maximum absolute atomic E-state index is 9.47. The Bertz CT molecular complexity index is 340. The first-order valence-electron chi connectivity index (χ1n) is 4.40. The third kappa shape index (κ3) is 4.59. The van der Waals surface area contributed by atoms with Crippen LogP contribution in [-0.4, -0.2) is 32.4 Å². The summed E-state index contributed by atoms with van der Waals surface area (Å²) in [5, 5.41) is 19.7. The second kappa shape index (κ2) is 4.92. The van der Waals surface area contributed by atoms with Crippen molar-refractivity contribution in [3.05, 3.63) is 10.4 Å². The van der Waals surface area contributed by atoms with Crippen molar-refractivity contribution >= 4 is 29.0 Å². The summed E-state index contributed by atoms with van der Waals surface area (Å²) in [4.78, 5) is 3.86. The van der Waals surface area contributed by atoms with Gasteiger partial charge in [0.1, 0.15) is 0 Å². The van der Waals surface area contributed by atoms with Crippen molar-refractivity contribution in [2.75, 3.05) is 11.9 Å². The van der Waals surface area contributed by atoms with Crippen LogP contribution >= 0.6 is 23.2 Å². The fraction of sp³-hybridized carbons (Fsp3) is 0.625. The molecule has 5 nitrogen and oxygen atoms in total. The van der Waals surface area contributed by atoms with Gasteiger partial charge in [-0.05, 0) is 31.9 Å². The van der Waals surface area contributed by atoms with Crippen LogP contribution in [-0.2, 0) is 0 Å². The van der Waals surface area contributed by atoms with E-state index >= 15 is 0 Å². The first-order chi connectivity index (χ1) is 6.88. The summed E-state index contributed by atoms with van der Waals surface area (Å²) in [7, 11) is 0. The summed E-state index contributed by atoms with van der Waals surface area (Å²) in [6.45, 7) is 3.97. The molecule has 15 heavy (non-hydrogen) atoms. The molecule has 0 saturated carbocycles. The molecule has 0 aliphatic heterocycles. The third-order valence-corrected chi connectivity index (χ3v) is 2.06. The van der Waals surface area contributed by atoms with Crippen molar-refractivity contribution in [2.24, 2.45) is 0 Å². The number of nitrogens with one attached hydrogen (secondary N) is 1. The fourth-order valence-corrected chi connectivity index (χ4v) is 1.16. The van der Waals surface area contributed by atoms with E-state index in [1.165, 1.54) is 0 Å². The molecule has 2 N–H and O–H groups in total. The summed E-state index contributed by atoms with van der Waals surface area (Å²) in [6, 6.07) is 0. The molecular formula is C8H12Cl2N4O. The van der Waals surface area contributed by atoms with Gasteiger partial charge in [-0.15, -0.1) is 10.2 Å². The minimum atomic E-state index is -0.732. The number of nitrogens with zero attached hydrogens (tertiary/aromatic N) is 3. The number of aromatic nitrogens is 3. The van der Waals surface area contributed by atoms with E-state index in [0.717, 1.165) is 0 Å². The lowest BCUT2D eigenvalue weighted by molar-refractivity contribution is 0.0748. The van der Waals surface area contributed by atoms with Crippen molar-refractivity contribution in [3.63, 3.8) is 0 Å². The Kier molecular flexibility index (Phi) is 4.07. The van der Waals surface area contributed by atoms with Gasteiger partial charge in [0, 0.05) is 6.54 Å². The first-order valence-corrected chi connectivity index (χ1v) is 5.16. The number of aliphatic hydroxyl groups is 1. The maximum atomic E-state index is 9.47. The molecule has 0 aliphatic carbocycles. The van der Waals surface area contributed by atoms with Crippen LogP contribution in [0.2, 0.25) is 10.4 Å². The third-order valence-electron chi connectivity index (χ3n) is 1.65. The summed E-state index contributed by atoms with van der Waals surface area (Å²) in [5.41, 5.74) is -0.732. The summed E-state index contributed by atoms with van der Waals surface area (Å²) < 4.78 is 0. The molecule has 0 aliphatic rings. The Morgan fingerprint density at radius 2 is 2.00 bits per heavy atom. The standard InChI is InChI=1S/C8H12Cl2N4O/c1-8(2,15)3-4-11-6-5(9)13-14-7(10)12-6/h15H,3-4H2,1-2H3,(H,11,12,14). The Morgan fingerprint density at radius 1 is 1.33 bits per heavy atom. The molecule has 1 aromatic rings. The zero-order valence-electron chi connectivity index (χ0n) is 8.46. The lowest BCUT2D eigenvalue weighted by Crippen LogP contribution is -2.23. The van der Waals surface area contributed by atoms with Gasteiger partial charge in [0.25, 0.3) is 0 Å². The minimum Gasteiger partial charge on any atom is -0.390 e. The molecule has 0 spiro atoms. The molecule has 84 valence electrons. The monoisotopic (exact) mass is 250 g/mol. The van der Waals surface area contributed by atoms with Crippen LogP contribution < -0.4 is 5.32 Å². The van der Waals surface area contributed by atoms with Gasteiger partial charge < -0.3 is 10.4 Å². The van der Waals surface area contributed by atoms with E-state index in [9.17, 15) is 5.11 Å².